The molecule has 2 heterocycles. The van der Waals surface area contributed by atoms with Crippen LogP contribution in [0.5, 0.6) is 0 Å². The number of carbonyl (C=O) groups excluding carboxylic acids is 2. The molecule has 0 saturated carbocycles. The summed E-state index contributed by atoms with van der Waals surface area (Å²) in [6, 6.07) is 15.1. The van der Waals surface area contributed by atoms with Crippen LogP contribution in [0.1, 0.15) is 77.0 Å². The molecule has 2 aromatic carbocycles. The fraction of sp³-hybridized carbons (Fsp3) is 0.320. The number of anilines is 1. The number of nitrogens with zero attached hydrogens (tertiary/aromatic N) is 2. The monoisotopic (exact) mass is 417 g/mol. The molecule has 31 heavy (non-hydrogen) atoms. The number of aromatic amines is 1. The molecular formula is C25H27N3O3. The van der Waals surface area contributed by atoms with Crippen LogP contribution in [-0.2, 0) is 10.2 Å². The predicted molar refractivity (Wildman–Crippen MR) is 120 cm³/mol. The Labute approximate surface area is 182 Å². The molecule has 4 rings (SSSR count). The fourth-order valence-electron chi connectivity index (χ4n) is 4.02. The zero-order valence-electron chi connectivity index (χ0n) is 18.5. The van der Waals surface area contributed by atoms with Gasteiger partial charge in [0, 0.05) is 16.9 Å². The van der Waals surface area contributed by atoms with Gasteiger partial charge in [0.15, 0.2) is 5.69 Å². The van der Waals surface area contributed by atoms with Crippen molar-refractivity contribution in [3.8, 4) is 0 Å². The second kappa shape index (κ2) is 7.69. The third kappa shape index (κ3) is 3.63. The molecule has 160 valence electrons. The molecule has 0 bridgehead atoms. The van der Waals surface area contributed by atoms with E-state index in [1.165, 1.54) is 5.56 Å². The van der Waals surface area contributed by atoms with E-state index in [9.17, 15) is 9.59 Å². The van der Waals surface area contributed by atoms with Crippen molar-refractivity contribution in [1.82, 2.24) is 10.2 Å². The van der Waals surface area contributed by atoms with Gasteiger partial charge >= 0.3 is 5.97 Å². The number of esters is 1. The summed E-state index contributed by atoms with van der Waals surface area (Å²) in [5.74, 6) is -0.534. The highest BCUT2D eigenvalue weighted by atomic mass is 16.5. The number of ether oxygens (including phenoxy) is 1. The maximum Gasteiger partial charge on any atom is 0.338 e. The number of rotatable bonds is 4. The van der Waals surface area contributed by atoms with Gasteiger partial charge in [-0.1, -0.05) is 45.0 Å². The largest absolute Gasteiger partial charge is 0.462 e. The quantitative estimate of drug-likeness (QED) is 0.610. The van der Waals surface area contributed by atoms with Crippen molar-refractivity contribution in [3.63, 3.8) is 0 Å². The minimum Gasteiger partial charge on any atom is -0.462 e. The van der Waals surface area contributed by atoms with E-state index < -0.39 is 0 Å². The Morgan fingerprint density at radius 3 is 2.32 bits per heavy atom. The van der Waals surface area contributed by atoms with E-state index in [2.05, 4.69) is 55.2 Å². The van der Waals surface area contributed by atoms with Gasteiger partial charge in [0.05, 0.1) is 18.2 Å². The van der Waals surface area contributed by atoms with Crippen LogP contribution in [0, 0.1) is 6.92 Å². The molecule has 1 aromatic heterocycles. The molecule has 6 nitrogen and oxygen atoms in total. The summed E-state index contributed by atoms with van der Waals surface area (Å²) in [5.41, 5.74) is 5.66. The standard InChI is InChI=1S/C25H27N3O3/c1-6-31-24(30)17-9-13-19(14-10-17)28-22(20-15(2)26-27-21(20)23(28)29)16-7-11-18(12-8-16)25(3,4)5/h7-14,22H,6H2,1-5H3,(H,26,27)/t22-/m0/s1. The molecular weight excluding hydrogens is 390 g/mol. The van der Waals surface area contributed by atoms with Gasteiger partial charge in [0.25, 0.3) is 5.91 Å². The topological polar surface area (TPSA) is 75.3 Å². The Kier molecular flexibility index (Phi) is 5.17. The third-order valence-electron chi connectivity index (χ3n) is 5.70. The highest BCUT2D eigenvalue weighted by Crippen LogP contribution is 2.42. The minimum atomic E-state index is -0.375. The number of nitrogens with one attached hydrogen (secondary N) is 1. The lowest BCUT2D eigenvalue weighted by atomic mass is 9.86. The number of aromatic nitrogens is 2. The maximum absolute atomic E-state index is 13.3. The summed E-state index contributed by atoms with van der Waals surface area (Å²) in [4.78, 5) is 27.0. The van der Waals surface area contributed by atoms with E-state index >= 15 is 0 Å². The molecule has 1 amide bonds. The van der Waals surface area contributed by atoms with Gasteiger partial charge in [-0.05, 0) is 54.7 Å². The zero-order chi connectivity index (χ0) is 22.3. The molecule has 1 aliphatic rings. The van der Waals surface area contributed by atoms with Crippen LogP contribution in [0.4, 0.5) is 5.69 Å². The molecule has 0 aliphatic carbocycles. The van der Waals surface area contributed by atoms with E-state index in [0.29, 0.717) is 23.6 Å². The summed E-state index contributed by atoms with van der Waals surface area (Å²) < 4.78 is 5.06. The van der Waals surface area contributed by atoms with Gasteiger partial charge in [0.2, 0.25) is 0 Å². The van der Waals surface area contributed by atoms with Gasteiger partial charge in [-0.15, -0.1) is 0 Å². The Morgan fingerprint density at radius 2 is 1.74 bits per heavy atom. The van der Waals surface area contributed by atoms with E-state index in [1.54, 1.807) is 36.1 Å². The van der Waals surface area contributed by atoms with Gasteiger partial charge in [-0.2, -0.15) is 5.10 Å². The van der Waals surface area contributed by atoms with Crippen molar-refractivity contribution in [1.29, 1.82) is 0 Å². The number of carbonyl (C=O) groups is 2. The van der Waals surface area contributed by atoms with Crippen molar-refractivity contribution in [3.05, 3.63) is 82.2 Å². The van der Waals surface area contributed by atoms with Crippen LogP contribution < -0.4 is 4.90 Å². The second-order valence-electron chi connectivity index (χ2n) is 8.83. The van der Waals surface area contributed by atoms with Crippen LogP contribution in [0.3, 0.4) is 0 Å². The minimum absolute atomic E-state index is 0.0450. The number of aryl methyl sites for hydroxylation is 1. The first-order chi connectivity index (χ1) is 14.7. The Bertz CT molecular complexity index is 1120. The molecule has 0 spiro atoms. The molecule has 0 radical (unpaired) electrons. The normalized spacial score (nSPS) is 15.8. The Balaban J connectivity index is 1.76. The highest BCUT2D eigenvalue weighted by Gasteiger charge is 2.42. The zero-order valence-corrected chi connectivity index (χ0v) is 18.5. The van der Waals surface area contributed by atoms with Crippen molar-refractivity contribution in [2.75, 3.05) is 11.5 Å². The number of benzene rings is 2. The maximum atomic E-state index is 13.3. The van der Waals surface area contributed by atoms with Crippen molar-refractivity contribution in [2.45, 2.75) is 46.1 Å². The van der Waals surface area contributed by atoms with Crippen molar-refractivity contribution in [2.24, 2.45) is 0 Å². The molecule has 1 atom stereocenters. The summed E-state index contributed by atoms with van der Waals surface area (Å²) >= 11 is 0. The average Bonchev–Trinajstić information content (AvgIpc) is 3.26. The molecule has 0 fully saturated rings. The predicted octanol–water partition coefficient (Wildman–Crippen LogP) is 4.94. The number of hydrogen-bond donors (Lipinski definition) is 1. The first kappa shape index (κ1) is 20.8. The second-order valence-corrected chi connectivity index (χ2v) is 8.83. The van der Waals surface area contributed by atoms with Crippen molar-refractivity contribution >= 4 is 17.6 Å². The molecule has 6 heteroatoms. The van der Waals surface area contributed by atoms with Gasteiger partial charge in [0.1, 0.15) is 0 Å². The van der Waals surface area contributed by atoms with Crippen LogP contribution >= 0.6 is 0 Å². The molecule has 0 saturated heterocycles. The average molecular weight is 418 g/mol. The lowest BCUT2D eigenvalue weighted by Gasteiger charge is -2.27. The number of H-pyrrole nitrogens is 1. The molecule has 3 aromatic rings. The number of hydrogen-bond acceptors (Lipinski definition) is 4. The summed E-state index contributed by atoms with van der Waals surface area (Å²) in [5, 5.41) is 7.22. The first-order valence-corrected chi connectivity index (χ1v) is 10.5. The fourth-order valence-corrected chi connectivity index (χ4v) is 4.02. The van der Waals surface area contributed by atoms with Crippen molar-refractivity contribution < 1.29 is 14.3 Å². The van der Waals surface area contributed by atoms with Gasteiger partial charge < -0.3 is 4.74 Å². The van der Waals surface area contributed by atoms with E-state index in [4.69, 9.17) is 4.74 Å². The van der Waals surface area contributed by atoms with Gasteiger partial charge in [-0.3, -0.25) is 14.8 Å². The Hall–Kier alpha value is -3.41. The lowest BCUT2D eigenvalue weighted by Crippen LogP contribution is -2.29. The van der Waals surface area contributed by atoms with E-state index in [-0.39, 0.29) is 23.3 Å². The first-order valence-electron chi connectivity index (χ1n) is 10.5. The van der Waals surface area contributed by atoms with Crippen LogP contribution in [0.25, 0.3) is 0 Å². The molecule has 1 N–H and O–H groups in total. The van der Waals surface area contributed by atoms with Crippen LogP contribution in [0.2, 0.25) is 0 Å². The van der Waals surface area contributed by atoms with E-state index in [1.807, 2.05) is 6.92 Å². The Morgan fingerprint density at radius 1 is 1.10 bits per heavy atom. The summed E-state index contributed by atoms with van der Waals surface area (Å²) in [6.07, 6.45) is 0. The number of fused-ring (bicyclic) bond motifs is 1. The van der Waals surface area contributed by atoms with Crippen LogP contribution in [-0.4, -0.2) is 28.7 Å². The smallest absolute Gasteiger partial charge is 0.338 e. The third-order valence-corrected chi connectivity index (χ3v) is 5.70. The molecule has 0 unspecified atom stereocenters. The lowest BCUT2D eigenvalue weighted by molar-refractivity contribution is 0.0526. The van der Waals surface area contributed by atoms with Gasteiger partial charge in [-0.25, -0.2) is 4.79 Å². The SMILES string of the molecule is CCOC(=O)c1ccc(N2C(=O)c3n[nH]c(C)c3[C@@H]2c2ccc(C(C)(C)C)cc2)cc1. The summed E-state index contributed by atoms with van der Waals surface area (Å²) in [6.45, 7) is 10.6. The molecule has 1 aliphatic heterocycles. The van der Waals surface area contributed by atoms with E-state index in [0.717, 1.165) is 16.8 Å². The van der Waals surface area contributed by atoms with Crippen LogP contribution in [0.15, 0.2) is 48.5 Å². The highest BCUT2D eigenvalue weighted by molar-refractivity contribution is 6.10. The summed E-state index contributed by atoms with van der Waals surface area (Å²) in [7, 11) is 0. The number of amides is 1.